The Morgan fingerprint density at radius 3 is 2.78 bits per heavy atom. The molecule has 3 heteroatoms. The van der Waals surface area contributed by atoms with Crippen LogP contribution in [0.5, 0.6) is 0 Å². The molecule has 3 N–H and O–H groups in total. The van der Waals surface area contributed by atoms with Gasteiger partial charge in [0.1, 0.15) is 0 Å². The first-order chi connectivity index (χ1) is 8.67. The Kier molecular flexibility index (Phi) is 7.87. The minimum atomic E-state index is 0.485. The predicted molar refractivity (Wildman–Crippen MR) is 77.6 cm³/mol. The van der Waals surface area contributed by atoms with Crippen LogP contribution in [-0.4, -0.2) is 32.3 Å². The maximum Gasteiger partial charge on any atom is 0.0613 e. The van der Waals surface area contributed by atoms with E-state index in [1.165, 1.54) is 19.3 Å². The van der Waals surface area contributed by atoms with Crippen molar-refractivity contribution in [3.8, 4) is 0 Å². The van der Waals surface area contributed by atoms with Crippen molar-refractivity contribution >= 4 is 0 Å². The number of nitrogens with one attached hydrogen (secondary N) is 1. The molecule has 0 aromatic rings. The zero-order valence-electron chi connectivity index (χ0n) is 12.5. The van der Waals surface area contributed by atoms with Gasteiger partial charge in [0.2, 0.25) is 0 Å². The molecule has 0 aliphatic carbocycles. The van der Waals surface area contributed by atoms with Gasteiger partial charge in [-0.3, -0.25) is 0 Å². The Morgan fingerprint density at radius 2 is 2.17 bits per heavy atom. The van der Waals surface area contributed by atoms with Gasteiger partial charge >= 0.3 is 0 Å². The molecule has 18 heavy (non-hydrogen) atoms. The van der Waals surface area contributed by atoms with E-state index in [-0.39, 0.29) is 0 Å². The van der Waals surface area contributed by atoms with Crippen LogP contribution in [0.25, 0.3) is 0 Å². The number of hydrogen-bond donors (Lipinski definition) is 2. The Labute approximate surface area is 113 Å². The van der Waals surface area contributed by atoms with Crippen LogP contribution in [-0.2, 0) is 4.74 Å². The first kappa shape index (κ1) is 15.9. The van der Waals surface area contributed by atoms with Gasteiger partial charge in [0.15, 0.2) is 0 Å². The van der Waals surface area contributed by atoms with Gasteiger partial charge in [0, 0.05) is 13.2 Å². The molecule has 0 amide bonds. The van der Waals surface area contributed by atoms with Gasteiger partial charge in [0.25, 0.3) is 0 Å². The van der Waals surface area contributed by atoms with E-state index in [2.05, 4.69) is 26.1 Å². The fourth-order valence-electron chi connectivity index (χ4n) is 2.97. The monoisotopic (exact) mass is 256 g/mol. The van der Waals surface area contributed by atoms with Gasteiger partial charge < -0.3 is 15.8 Å². The molecule has 0 radical (unpaired) electrons. The fourth-order valence-corrected chi connectivity index (χ4v) is 2.97. The molecule has 1 saturated heterocycles. The van der Waals surface area contributed by atoms with E-state index in [0.29, 0.717) is 12.0 Å². The average molecular weight is 256 g/mol. The van der Waals surface area contributed by atoms with Crippen LogP contribution in [0.1, 0.15) is 46.5 Å². The van der Waals surface area contributed by atoms with Crippen molar-refractivity contribution in [2.24, 2.45) is 23.5 Å². The number of rotatable bonds is 9. The smallest absolute Gasteiger partial charge is 0.0613 e. The first-order valence-electron chi connectivity index (χ1n) is 7.69. The Morgan fingerprint density at radius 1 is 1.39 bits per heavy atom. The maximum atomic E-state index is 5.82. The van der Waals surface area contributed by atoms with Crippen LogP contribution in [0.4, 0.5) is 0 Å². The largest absolute Gasteiger partial charge is 0.378 e. The highest BCUT2D eigenvalue weighted by atomic mass is 16.5. The lowest BCUT2D eigenvalue weighted by atomic mass is 9.94. The van der Waals surface area contributed by atoms with Crippen LogP contribution >= 0.6 is 0 Å². The lowest BCUT2D eigenvalue weighted by Gasteiger charge is -2.20. The Bertz CT molecular complexity index is 209. The van der Waals surface area contributed by atoms with E-state index in [1.54, 1.807) is 0 Å². The third kappa shape index (κ3) is 5.68. The molecule has 1 fully saturated rings. The van der Waals surface area contributed by atoms with E-state index in [1.807, 2.05) is 0 Å². The Balaban J connectivity index is 2.10. The summed E-state index contributed by atoms with van der Waals surface area (Å²) in [6.45, 7) is 10.7. The van der Waals surface area contributed by atoms with Gasteiger partial charge in [0.05, 0.1) is 6.10 Å². The maximum absolute atomic E-state index is 5.82. The lowest BCUT2D eigenvalue weighted by molar-refractivity contribution is 0.0872. The molecule has 2 unspecified atom stereocenters. The zero-order chi connectivity index (χ0) is 13.4. The highest BCUT2D eigenvalue weighted by Gasteiger charge is 2.25. The third-order valence-corrected chi connectivity index (χ3v) is 4.02. The normalized spacial score (nSPS) is 25.8. The molecule has 1 aliphatic heterocycles. The minimum absolute atomic E-state index is 0.485. The second kappa shape index (κ2) is 8.89. The quantitative estimate of drug-likeness (QED) is 0.623. The molecule has 0 bridgehead atoms. The molecule has 0 spiro atoms. The van der Waals surface area contributed by atoms with Gasteiger partial charge in [-0.15, -0.1) is 0 Å². The summed E-state index contributed by atoms with van der Waals surface area (Å²) in [6, 6.07) is 0. The summed E-state index contributed by atoms with van der Waals surface area (Å²) in [5, 5.41) is 3.59. The molecule has 0 saturated carbocycles. The van der Waals surface area contributed by atoms with Crippen molar-refractivity contribution in [2.45, 2.75) is 52.6 Å². The van der Waals surface area contributed by atoms with E-state index in [4.69, 9.17) is 10.5 Å². The summed E-state index contributed by atoms with van der Waals surface area (Å²) in [5.74, 6) is 2.15. The van der Waals surface area contributed by atoms with Crippen molar-refractivity contribution in [3.05, 3.63) is 0 Å². The highest BCUT2D eigenvalue weighted by Crippen LogP contribution is 2.22. The Hall–Kier alpha value is -0.120. The topological polar surface area (TPSA) is 47.3 Å². The van der Waals surface area contributed by atoms with Crippen LogP contribution in [0.2, 0.25) is 0 Å². The summed E-state index contributed by atoms with van der Waals surface area (Å²) in [6.07, 6.45) is 5.31. The van der Waals surface area contributed by atoms with Crippen LogP contribution in [0.15, 0.2) is 0 Å². The van der Waals surface area contributed by atoms with E-state index in [9.17, 15) is 0 Å². The van der Waals surface area contributed by atoms with E-state index < -0.39 is 0 Å². The number of hydrogen-bond acceptors (Lipinski definition) is 3. The summed E-state index contributed by atoms with van der Waals surface area (Å²) < 4.78 is 5.71. The van der Waals surface area contributed by atoms with Crippen LogP contribution in [0.3, 0.4) is 0 Å². The highest BCUT2D eigenvalue weighted by molar-refractivity contribution is 4.77. The van der Waals surface area contributed by atoms with Gasteiger partial charge in [-0.2, -0.15) is 0 Å². The van der Waals surface area contributed by atoms with Crippen molar-refractivity contribution in [2.75, 3.05) is 26.2 Å². The third-order valence-electron chi connectivity index (χ3n) is 4.02. The molecule has 3 nitrogen and oxygen atoms in total. The summed E-state index contributed by atoms with van der Waals surface area (Å²) in [5.41, 5.74) is 5.82. The standard InChI is InChI=1S/C15H32N2O/c1-4-15-14(6-8-18-15)11-17-7-5-13(10-16)9-12(2)3/h12-15,17H,4-11,16H2,1-3H3/t13-,14?,15?/m1/s1. The SMILES string of the molecule is CCC1OCCC1CNCC[C@@H](CN)CC(C)C. The molecular weight excluding hydrogens is 224 g/mol. The first-order valence-corrected chi connectivity index (χ1v) is 7.69. The van der Waals surface area contributed by atoms with Gasteiger partial charge in [-0.25, -0.2) is 0 Å². The molecule has 3 atom stereocenters. The summed E-state index contributed by atoms with van der Waals surface area (Å²) >= 11 is 0. The molecule has 1 heterocycles. The molecule has 0 aromatic carbocycles. The van der Waals surface area contributed by atoms with Crippen molar-refractivity contribution in [1.29, 1.82) is 0 Å². The van der Waals surface area contributed by atoms with Crippen molar-refractivity contribution in [1.82, 2.24) is 5.32 Å². The molecular formula is C15H32N2O. The second-order valence-corrected chi connectivity index (χ2v) is 6.09. The van der Waals surface area contributed by atoms with Gasteiger partial charge in [-0.05, 0) is 56.5 Å². The second-order valence-electron chi connectivity index (χ2n) is 6.09. The lowest BCUT2D eigenvalue weighted by Crippen LogP contribution is -2.30. The molecule has 0 aromatic heterocycles. The molecule has 1 aliphatic rings. The number of nitrogens with two attached hydrogens (primary N) is 1. The van der Waals surface area contributed by atoms with Crippen molar-refractivity contribution in [3.63, 3.8) is 0 Å². The van der Waals surface area contributed by atoms with Crippen molar-refractivity contribution < 1.29 is 4.74 Å². The van der Waals surface area contributed by atoms with Crippen LogP contribution < -0.4 is 11.1 Å². The molecule has 1 rings (SSSR count). The fraction of sp³-hybridized carbons (Fsp3) is 1.00. The number of ether oxygens (including phenoxy) is 1. The summed E-state index contributed by atoms with van der Waals surface area (Å²) in [7, 11) is 0. The minimum Gasteiger partial charge on any atom is -0.378 e. The average Bonchev–Trinajstić information content (AvgIpc) is 2.79. The summed E-state index contributed by atoms with van der Waals surface area (Å²) in [4.78, 5) is 0. The zero-order valence-corrected chi connectivity index (χ0v) is 12.5. The van der Waals surface area contributed by atoms with Crippen LogP contribution in [0, 0.1) is 17.8 Å². The van der Waals surface area contributed by atoms with E-state index >= 15 is 0 Å². The predicted octanol–water partition coefficient (Wildman–Crippen LogP) is 2.40. The van der Waals surface area contributed by atoms with Gasteiger partial charge in [-0.1, -0.05) is 20.8 Å². The molecule has 108 valence electrons. The van der Waals surface area contributed by atoms with E-state index in [0.717, 1.165) is 44.5 Å².